The molecule has 0 amide bonds. The molecule has 0 aromatic heterocycles. The molecule has 0 aromatic rings. The molecule has 0 heterocycles. The summed E-state index contributed by atoms with van der Waals surface area (Å²) in [5.41, 5.74) is 4.50. The zero-order valence-electron chi connectivity index (χ0n) is 25.9. The fourth-order valence-electron chi connectivity index (χ4n) is 8.94. The van der Waals surface area contributed by atoms with Crippen LogP contribution in [-0.4, -0.2) is 50.8 Å². The van der Waals surface area contributed by atoms with E-state index in [0.29, 0.717) is 0 Å². The molecule has 0 saturated heterocycles. The molecule has 4 aliphatic rings. The quantitative estimate of drug-likeness (QED) is 0.162. The van der Waals surface area contributed by atoms with E-state index in [1.54, 1.807) is 62.9 Å². The van der Waals surface area contributed by atoms with E-state index in [4.69, 9.17) is 27.0 Å². The van der Waals surface area contributed by atoms with Crippen LogP contribution in [0.2, 0.25) is 26.2 Å². The molecular formula is C30H62Cl2NOP2ReSi2+2. The van der Waals surface area contributed by atoms with Gasteiger partial charge in [0.15, 0.2) is 0 Å². The van der Waals surface area contributed by atoms with Gasteiger partial charge in [-0.1, -0.05) is 25.7 Å². The van der Waals surface area contributed by atoms with E-state index >= 15 is 0 Å². The fraction of sp³-hybridized carbons (Fsp3) is 1.00. The Kier molecular flexibility index (Phi) is 16.7. The van der Waals surface area contributed by atoms with Crippen molar-refractivity contribution in [2.45, 2.75) is 177 Å². The molecule has 0 radical (unpaired) electrons. The summed E-state index contributed by atoms with van der Waals surface area (Å²) in [5.74, 6) is 3.16. The summed E-state index contributed by atoms with van der Waals surface area (Å²) < 4.78 is 15.3. The number of hydrogen-bond acceptors (Lipinski definition) is 2. The van der Waals surface area contributed by atoms with Gasteiger partial charge >= 0.3 is 37.2 Å². The topological polar surface area (TPSA) is 33.0 Å². The monoisotopic (exact) mass is 827 g/mol. The van der Waals surface area contributed by atoms with Gasteiger partial charge in [0, 0.05) is 15.8 Å². The third-order valence-electron chi connectivity index (χ3n) is 10.3. The molecule has 0 N–H and O–H groups in total. The maximum absolute atomic E-state index is 7.77. The van der Waals surface area contributed by atoms with Crippen molar-refractivity contribution in [3.05, 3.63) is 0 Å². The summed E-state index contributed by atoms with van der Waals surface area (Å²) in [5, 5.41) is 0. The van der Waals surface area contributed by atoms with Crippen molar-refractivity contribution in [2.75, 3.05) is 11.6 Å². The van der Waals surface area contributed by atoms with Crippen molar-refractivity contribution in [2.24, 2.45) is 0 Å². The molecule has 0 bridgehead atoms. The van der Waals surface area contributed by atoms with Crippen LogP contribution < -0.4 is 0 Å². The van der Waals surface area contributed by atoms with Gasteiger partial charge in [-0.25, -0.2) is 0 Å². The molecule has 0 unspecified atom stereocenters. The Morgan fingerprint density at radius 2 is 0.744 bits per heavy atom. The van der Waals surface area contributed by atoms with Crippen LogP contribution in [0.3, 0.4) is 0 Å². The van der Waals surface area contributed by atoms with Crippen LogP contribution in [0.4, 0.5) is 0 Å². The molecule has 0 atom stereocenters. The zero-order valence-corrected chi connectivity index (χ0v) is 34.1. The standard InChI is InChI=1S/C30H60OP2Si2.2ClH.N.Re/c1-34(2,25-32(27-17-9-5-10-18-27)28-19-11-6-12-20-28)31-35(3,4)26-33(29-21-13-7-14-22-29)30-23-15-8-16-24-30;;;;/h27-30H,5-26H2,1-4H3;2*1H;;/q;;;;+2. The summed E-state index contributed by atoms with van der Waals surface area (Å²) in [6.07, 6.45) is 30.9. The third-order valence-corrected chi connectivity index (χ3v) is 31.3. The normalized spacial score (nSPS) is 23.8. The van der Waals surface area contributed by atoms with E-state index in [0.717, 1.165) is 22.6 Å². The molecule has 4 aliphatic carbocycles. The zero-order chi connectivity index (χ0) is 28.3. The number of halogens is 2. The van der Waals surface area contributed by atoms with Gasteiger partial charge in [-0.2, -0.15) is 0 Å². The molecule has 4 fully saturated rings. The van der Waals surface area contributed by atoms with Gasteiger partial charge in [0.1, 0.15) is 0 Å². The predicted molar refractivity (Wildman–Crippen MR) is 183 cm³/mol. The number of nitrogens with zero attached hydrogens (tertiary/aromatic N) is 1. The van der Waals surface area contributed by atoms with Crippen LogP contribution in [0, 0.1) is 3.80 Å². The first kappa shape index (κ1) is 35.7. The molecular weight excluding hydrogens is 766 g/mol. The van der Waals surface area contributed by atoms with Gasteiger partial charge in [0.2, 0.25) is 16.6 Å². The Morgan fingerprint density at radius 1 is 0.538 bits per heavy atom. The predicted octanol–water partition coefficient (Wildman–Crippen LogP) is 11.6. The van der Waals surface area contributed by atoms with Gasteiger partial charge < -0.3 is 4.12 Å². The van der Waals surface area contributed by atoms with Crippen LogP contribution in [0.15, 0.2) is 0 Å². The summed E-state index contributed by atoms with van der Waals surface area (Å²) in [6, 6.07) is 0. The Hall–Kier alpha value is 2.21. The summed E-state index contributed by atoms with van der Waals surface area (Å²) in [7, 11) is 5.79. The molecule has 4 saturated carbocycles. The Labute approximate surface area is 260 Å². The van der Waals surface area contributed by atoms with E-state index in [-0.39, 0.29) is 15.8 Å². The van der Waals surface area contributed by atoms with Crippen LogP contribution in [0.5, 0.6) is 0 Å². The second kappa shape index (κ2) is 18.2. The van der Waals surface area contributed by atoms with Gasteiger partial charge in [0.25, 0.3) is 0 Å². The minimum atomic E-state index is -2.52. The SMILES string of the molecule is C[Si](C)(C[PH+](C1CCCCC1)C1CCCCC1)O[Si](C)(C)C[PH+](C1CCCCC1)C1CCCCC1.[N]#[Re]([Cl])[Cl]. The second-order valence-corrected chi connectivity index (χ2v) is 37.8. The molecule has 9 heteroatoms. The van der Waals surface area contributed by atoms with Crippen molar-refractivity contribution < 1.29 is 18.5 Å². The van der Waals surface area contributed by atoms with Gasteiger partial charge in [-0.3, -0.25) is 0 Å². The van der Waals surface area contributed by atoms with Crippen LogP contribution in [-0.2, 0) is 18.5 Å². The summed E-state index contributed by atoms with van der Waals surface area (Å²) in [6.45, 7) is 10.7. The van der Waals surface area contributed by atoms with Crippen molar-refractivity contribution in [3.8, 4) is 0 Å². The maximum atomic E-state index is 7.77. The minimum absolute atomic E-state index is 0.275. The Bertz CT molecular complexity index is 666. The average Bonchev–Trinajstić information content (AvgIpc) is 2.91. The first-order valence-electron chi connectivity index (χ1n) is 16.7. The van der Waals surface area contributed by atoms with Gasteiger partial charge in [-0.05, 0) is 129 Å². The van der Waals surface area contributed by atoms with Crippen LogP contribution in [0.25, 0.3) is 0 Å². The van der Waals surface area contributed by atoms with Crippen molar-refractivity contribution in [1.82, 2.24) is 0 Å². The third kappa shape index (κ3) is 13.4. The van der Waals surface area contributed by atoms with E-state index in [1.165, 1.54) is 77.0 Å². The molecule has 39 heavy (non-hydrogen) atoms. The van der Waals surface area contributed by atoms with Crippen molar-refractivity contribution in [1.29, 1.82) is 3.80 Å². The first-order chi connectivity index (χ1) is 18.6. The molecule has 0 aliphatic heterocycles. The second-order valence-electron chi connectivity index (χ2n) is 14.6. The molecule has 0 aromatic carbocycles. The summed E-state index contributed by atoms with van der Waals surface area (Å²) in [4.78, 5) is 0. The van der Waals surface area contributed by atoms with E-state index in [2.05, 4.69) is 26.2 Å². The van der Waals surface area contributed by atoms with E-state index in [9.17, 15) is 0 Å². The fourth-order valence-corrected chi connectivity index (χ4v) is 35.2. The van der Waals surface area contributed by atoms with E-state index < -0.39 is 31.0 Å². The average molecular weight is 828 g/mol. The number of hydrogen-bond donors (Lipinski definition) is 0. The summed E-state index contributed by atoms with van der Waals surface area (Å²) >= 11 is -2.52. The van der Waals surface area contributed by atoms with Gasteiger partial charge in [-0.15, -0.1) is 0 Å². The van der Waals surface area contributed by atoms with Crippen molar-refractivity contribution >= 4 is 51.5 Å². The van der Waals surface area contributed by atoms with Crippen molar-refractivity contribution in [3.63, 3.8) is 0 Å². The first-order valence-corrected chi connectivity index (χ1v) is 34.6. The van der Waals surface area contributed by atoms with E-state index in [1.807, 2.05) is 0 Å². The van der Waals surface area contributed by atoms with Gasteiger partial charge in [0.05, 0.1) is 34.2 Å². The van der Waals surface area contributed by atoms with Crippen LogP contribution >= 0.6 is 34.9 Å². The Morgan fingerprint density at radius 3 is 0.949 bits per heavy atom. The molecule has 0 spiro atoms. The molecule has 230 valence electrons. The molecule has 4 rings (SSSR count). The number of rotatable bonds is 10. The molecule has 2 nitrogen and oxygen atoms in total. The Balaban J connectivity index is 0.000000983. The van der Waals surface area contributed by atoms with Crippen LogP contribution in [0.1, 0.15) is 128 Å².